The van der Waals surface area contributed by atoms with Crippen molar-refractivity contribution in [2.75, 3.05) is 14.2 Å². The van der Waals surface area contributed by atoms with Crippen molar-refractivity contribution in [1.82, 2.24) is 0 Å². The number of hydrogen-bond donors (Lipinski definition) is 0. The van der Waals surface area contributed by atoms with E-state index in [2.05, 4.69) is 0 Å². The molecular formula is C18H22O7. The third-order valence-corrected chi connectivity index (χ3v) is 4.37. The van der Waals surface area contributed by atoms with Crippen molar-refractivity contribution in [3.63, 3.8) is 0 Å². The number of rotatable bonds is 5. The molecule has 1 fully saturated rings. The van der Waals surface area contributed by atoms with Gasteiger partial charge in [-0.15, -0.1) is 0 Å². The highest BCUT2D eigenvalue weighted by molar-refractivity contribution is 6.04. The number of ether oxygens (including phenoxy) is 4. The van der Waals surface area contributed by atoms with E-state index in [9.17, 15) is 14.4 Å². The van der Waals surface area contributed by atoms with Crippen LogP contribution >= 0.6 is 0 Å². The lowest BCUT2D eigenvalue weighted by Crippen LogP contribution is -2.57. The zero-order valence-corrected chi connectivity index (χ0v) is 15.0. The van der Waals surface area contributed by atoms with Gasteiger partial charge in [-0.1, -0.05) is 19.1 Å². The third kappa shape index (κ3) is 3.18. The molecule has 25 heavy (non-hydrogen) atoms. The molecule has 136 valence electrons. The Bertz CT molecular complexity index is 657. The fraction of sp³-hybridized carbons (Fsp3) is 0.500. The smallest absolute Gasteiger partial charge is 0.325 e. The van der Waals surface area contributed by atoms with Gasteiger partial charge in [-0.2, -0.15) is 0 Å². The van der Waals surface area contributed by atoms with Gasteiger partial charge in [0.05, 0.1) is 14.2 Å². The number of hydrogen-bond acceptors (Lipinski definition) is 7. The van der Waals surface area contributed by atoms with Crippen molar-refractivity contribution >= 4 is 17.9 Å². The first-order valence-corrected chi connectivity index (χ1v) is 7.90. The molecule has 7 nitrogen and oxygen atoms in total. The van der Waals surface area contributed by atoms with Crippen LogP contribution in [0, 0.1) is 5.92 Å². The summed E-state index contributed by atoms with van der Waals surface area (Å²) < 4.78 is 20.5. The summed E-state index contributed by atoms with van der Waals surface area (Å²) in [5.74, 6) is -4.59. The van der Waals surface area contributed by atoms with Gasteiger partial charge in [0.1, 0.15) is 11.2 Å². The summed E-state index contributed by atoms with van der Waals surface area (Å²) in [5.41, 5.74) is -1.10. The van der Waals surface area contributed by atoms with Crippen LogP contribution in [0.4, 0.5) is 0 Å². The first-order valence-electron chi connectivity index (χ1n) is 7.90. The number of esters is 3. The van der Waals surface area contributed by atoms with Gasteiger partial charge in [0, 0.05) is 13.8 Å². The van der Waals surface area contributed by atoms with E-state index < -0.39 is 35.0 Å². The Morgan fingerprint density at radius 2 is 1.64 bits per heavy atom. The fourth-order valence-corrected chi connectivity index (χ4v) is 3.15. The van der Waals surface area contributed by atoms with Gasteiger partial charge in [-0.25, -0.2) is 0 Å². The minimum absolute atomic E-state index is 0.140. The minimum atomic E-state index is -1.55. The van der Waals surface area contributed by atoms with Crippen LogP contribution in [-0.2, 0) is 34.0 Å². The van der Waals surface area contributed by atoms with Gasteiger partial charge >= 0.3 is 17.9 Å². The maximum atomic E-state index is 12.7. The monoisotopic (exact) mass is 350 g/mol. The summed E-state index contributed by atoms with van der Waals surface area (Å²) in [6.07, 6.45) is 0.140. The Morgan fingerprint density at radius 1 is 1.12 bits per heavy atom. The van der Waals surface area contributed by atoms with Gasteiger partial charge in [0.25, 0.3) is 5.79 Å². The van der Waals surface area contributed by atoms with Crippen molar-refractivity contribution in [2.45, 2.75) is 38.4 Å². The van der Waals surface area contributed by atoms with Crippen molar-refractivity contribution in [2.24, 2.45) is 5.92 Å². The normalized spacial score (nSPS) is 19.4. The lowest BCUT2D eigenvalue weighted by Gasteiger charge is -2.41. The van der Waals surface area contributed by atoms with Gasteiger partial charge in [-0.3, -0.25) is 14.4 Å². The third-order valence-electron chi connectivity index (χ3n) is 4.37. The Hall–Kier alpha value is -2.57. The van der Waals surface area contributed by atoms with Crippen LogP contribution < -0.4 is 4.74 Å². The summed E-state index contributed by atoms with van der Waals surface area (Å²) in [4.78, 5) is 37.9. The largest absolute Gasteiger partial charge is 0.497 e. The standard InChI is InChI=1S/C18H22O7/c1-6-18(16(21)23-5,11-7-9-12(22-4)10-8-11)13-14(19)24-17(2,3)25-15(13)20/h7-10,13H,6H2,1-5H3/t18-/m1/s1. The predicted octanol–water partition coefficient (Wildman–Crippen LogP) is 1.97. The van der Waals surface area contributed by atoms with E-state index in [1.807, 2.05) is 0 Å². The van der Waals surface area contributed by atoms with Crippen LogP contribution in [0.15, 0.2) is 24.3 Å². The van der Waals surface area contributed by atoms with Gasteiger partial charge < -0.3 is 18.9 Å². The van der Waals surface area contributed by atoms with E-state index >= 15 is 0 Å². The SMILES string of the molecule is CC[C@@](C(=O)OC)(c1ccc(OC)cc1)C1C(=O)OC(C)(C)OC1=O. The quantitative estimate of drug-likeness (QED) is 0.592. The van der Waals surface area contributed by atoms with Gasteiger partial charge in [-0.05, 0) is 24.1 Å². The van der Waals surface area contributed by atoms with E-state index in [0.717, 1.165) is 0 Å². The zero-order valence-electron chi connectivity index (χ0n) is 15.0. The zero-order chi connectivity index (χ0) is 18.8. The lowest BCUT2D eigenvalue weighted by atomic mass is 9.67. The molecular weight excluding hydrogens is 328 g/mol. The van der Waals surface area contributed by atoms with E-state index in [4.69, 9.17) is 18.9 Å². The van der Waals surface area contributed by atoms with Crippen molar-refractivity contribution < 1.29 is 33.3 Å². The summed E-state index contributed by atoms with van der Waals surface area (Å²) in [6, 6.07) is 6.54. The average Bonchev–Trinajstić information content (AvgIpc) is 2.56. The molecule has 0 radical (unpaired) electrons. The molecule has 0 N–H and O–H groups in total. The number of carbonyl (C=O) groups excluding carboxylic acids is 3. The molecule has 2 rings (SSSR count). The van der Waals surface area contributed by atoms with Crippen LogP contribution in [0.2, 0.25) is 0 Å². The molecule has 1 aliphatic rings. The number of carbonyl (C=O) groups is 3. The number of benzene rings is 1. The van der Waals surface area contributed by atoms with E-state index in [1.165, 1.54) is 28.1 Å². The van der Waals surface area contributed by atoms with Crippen LogP contribution in [0.25, 0.3) is 0 Å². The van der Waals surface area contributed by atoms with Crippen LogP contribution in [0.1, 0.15) is 32.8 Å². The Balaban J connectivity index is 2.61. The molecule has 0 aliphatic carbocycles. The molecule has 1 atom stereocenters. The van der Waals surface area contributed by atoms with Crippen LogP contribution in [-0.4, -0.2) is 37.9 Å². The predicted molar refractivity (Wildman–Crippen MR) is 86.7 cm³/mol. The summed E-state index contributed by atoms with van der Waals surface area (Å²) in [6.45, 7) is 4.61. The van der Waals surface area contributed by atoms with Gasteiger partial charge in [0.15, 0.2) is 5.92 Å². The minimum Gasteiger partial charge on any atom is -0.497 e. The van der Waals surface area contributed by atoms with E-state index in [1.54, 1.807) is 31.2 Å². The van der Waals surface area contributed by atoms with Crippen LogP contribution in [0.5, 0.6) is 5.75 Å². The molecule has 1 aromatic rings. The van der Waals surface area contributed by atoms with Crippen molar-refractivity contribution in [1.29, 1.82) is 0 Å². The van der Waals surface area contributed by atoms with E-state index in [0.29, 0.717) is 11.3 Å². The first kappa shape index (κ1) is 18.8. The molecule has 1 aliphatic heterocycles. The molecule has 1 heterocycles. The Morgan fingerprint density at radius 3 is 2.04 bits per heavy atom. The molecule has 1 saturated heterocycles. The highest BCUT2D eigenvalue weighted by Gasteiger charge is 2.59. The molecule has 7 heteroatoms. The lowest BCUT2D eigenvalue weighted by molar-refractivity contribution is -0.244. The molecule has 0 saturated carbocycles. The number of methoxy groups -OCH3 is 2. The van der Waals surface area contributed by atoms with Crippen LogP contribution in [0.3, 0.4) is 0 Å². The second kappa shape index (κ2) is 6.74. The maximum Gasteiger partial charge on any atom is 0.325 e. The summed E-state index contributed by atoms with van der Waals surface area (Å²) in [7, 11) is 2.72. The topological polar surface area (TPSA) is 88.1 Å². The Labute approximate surface area is 146 Å². The Kier molecular flexibility index (Phi) is 5.06. The first-order chi connectivity index (χ1) is 11.7. The van der Waals surface area contributed by atoms with Gasteiger partial charge in [0.2, 0.25) is 0 Å². The molecule has 1 aromatic carbocycles. The average molecular weight is 350 g/mol. The highest BCUT2D eigenvalue weighted by Crippen LogP contribution is 2.42. The molecule has 0 unspecified atom stereocenters. The maximum absolute atomic E-state index is 12.7. The molecule has 0 spiro atoms. The summed E-state index contributed by atoms with van der Waals surface area (Å²) in [5, 5.41) is 0. The highest BCUT2D eigenvalue weighted by atomic mass is 16.7. The molecule has 0 bridgehead atoms. The van der Waals surface area contributed by atoms with E-state index in [-0.39, 0.29) is 6.42 Å². The second-order valence-corrected chi connectivity index (χ2v) is 6.22. The summed E-state index contributed by atoms with van der Waals surface area (Å²) >= 11 is 0. The van der Waals surface area contributed by atoms with Crippen molar-refractivity contribution in [3.05, 3.63) is 29.8 Å². The van der Waals surface area contributed by atoms with Crippen molar-refractivity contribution in [3.8, 4) is 5.75 Å². The fourth-order valence-electron chi connectivity index (χ4n) is 3.15. The molecule has 0 aromatic heterocycles. The second-order valence-electron chi connectivity index (χ2n) is 6.22. The molecule has 0 amide bonds. The number of cyclic esters (lactones) is 2.